The zero-order chi connectivity index (χ0) is 14.4. The van der Waals surface area contributed by atoms with Crippen LogP contribution in [0.2, 0.25) is 0 Å². The molecule has 0 aliphatic heterocycles. The maximum Gasteiger partial charge on any atom is 0.273 e. The van der Waals surface area contributed by atoms with Gasteiger partial charge in [-0.25, -0.2) is 0 Å². The predicted octanol–water partition coefficient (Wildman–Crippen LogP) is 2.12. The van der Waals surface area contributed by atoms with Crippen molar-refractivity contribution in [2.45, 2.75) is 17.5 Å². The molecule has 0 aliphatic carbocycles. The van der Waals surface area contributed by atoms with E-state index in [1.54, 1.807) is 31.6 Å². The van der Waals surface area contributed by atoms with Gasteiger partial charge in [-0.2, -0.15) is 0 Å². The molecule has 7 nitrogen and oxygen atoms in total. The van der Waals surface area contributed by atoms with Crippen LogP contribution in [0.3, 0.4) is 0 Å². The molecule has 0 atom stereocenters. The van der Waals surface area contributed by atoms with Crippen molar-refractivity contribution in [1.29, 1.82) is 0 Å². The lowest BCUT2D eigenvalue weighted by Crippen LogP contribution is -2.04. The van der Waals surface area contributed by atoms with E-state index in [9.17, 15) is 10.1 Å². The fraction of sp³-hybridized carbons (Fsp3) is 0.333. The van der Waals surface area contributed by atoms with Crippen LogP contribution in [-0.4, -0.2) is 33.4 Å². The highest BCUT2D eigenvalue weighted by Gasteiger charge is 2.14. The Morgan fingerprint density at radius 1 is 1.45 bits per heavy atom. The van der Waals surface area contributed by atoms with Gasteiger partial charge in [-0.3, -0.25) is 10.1 Å². The largest absolute Gasteiger partial charge is 0.383 e. The minimum absolute atomic E-state index is 0.128. The van der Waals surface area contributed by atoms with Crippen molar-refractivity contribution in [3.8, 4) is 0 Å². The van der Waals surface area contributed by atoms with E-state index in [1.165, 1.54) is 17.8 Å². The first-order valence-corrected chi connectivity index (χ1v) is 6.92. The lowest BCUT2D eigenvalue weighted by Gasteiger charge is -2.05. The second-order valence-electron chi connectivity index (χ2n) is 3.97. The molecule has 0 saturated heterocycles. The number of para-hydroxylation sites is 1. The van der Waals surface area contributed by atoms with Crippen molar-refractivity contribution in [3.05, 3.63) is 46.3 Å². The van der Waals surface area contributed by atoms with Crippen molar-refractivity contribution >= 4 is 17.4 Å². The van der Waals surface area contributed by atoms with Crippen molar-refractivity contribution in [1.82, 2.24) is 14.8 Å². The summed E-state index contributed by atoms with van der Waals surface area (Å²) in [6, 6.07) is 6.71. The number of thioether (sulfide) groups is 1. The van der Waals surface area contributed by atoms with Crippen LogP contribution in [-0.2, 0) is 17.0 Å². The molecule has 1 aromatic heterocycles. The van der Waals surface area contributed by atoms with Crippen molar-refractivity contribution < 1.29 is 9.66 Å². The van der Waals surface area contributed by atoms with Crippen LogP contribution in [0.4, 0.5) is 5.69 Å². The molecular formula is C12H14N4O3S. The van der Waals surface area contributed by atoms with Crippen LogP contribution in [0.25, 0.3) is 0 Å². The van der Waals surface area contributed by atoms with Gasteiger partial charge in [0.05, 0.1) is 11.5 Å². The summed E-state index contributed by atoms with van der Waals surface area (Å²) in [6.45, 7) is 1.22. The van der Waals surface area contributed by atoms with Crippen LogP contribution in [0.1, 0.15) is 5.56 Å². The van der Waals surface area contributed by atoms with E-state index in [1.807, 2.05) is 4.57 Å². The minimum atomic E-state index is -0.370. The topological polar surface area (TPSA) is 83.1 Å². The zero-order valence-electron chi connectivity index (χ0n) is 10.9. The third-order valence-electron chi connectivity index (χ3n) is 2.66. The highest BCUT2D eigenvalue weighted by molar-refractivity contribution is 7.98. The lowest BCUT2D eigenvalue weighted by molar-refractivity contribution is -0.385. The monoisotopic (exact) mass is 294 g/mol. The number of rotatable bonds is 7. The van der Waals surface area contributed by atoms with Crippen LogP contribution in [0, 0.1) is 10.1 Å². The van der Waals surface area contributed by atoms with Gasteiger partial charge in [-0.05, 0) is 0 Å². The first-order valence-electron chi connectivity index (χ1n) is 5.94. The second kappa shape index (κ2) is 7.01. The molecule has 20 heavy (non-hydrogen) atoms. The van der Waals surface area contributed by atoms with E-state index in [0.717, 1.165) is 5.16 Å². The Morgan fingerprint density at radius 2 is 2.25 bits per heavy atom. The average Bonchev–Trinajstić information content (AvgIpc) is 2.90. The Hall–Kier alpha value is -1.93. The van der Waals surface area contributed by atoms with E-state index < -0.39 is 0 Å². The van der Waals surface area contributed by atoms with Gasteiger partial charge in [0.2, 0.25) is 0 Å². The van der Waals surface area contributed by atoms with Gasteiger partial charge >= 0.3 is 0 Å². The van der Waals surface area contributed by atoms with E-state index in [4.69, 9.17) is 4.74 Å². The summed E-state index contributed by atoms with van der Waals surface area (Å²) in [7, 11) is 1.63. The second-order valence-corrected chi connectivity index (χ2v) is 4.92. The zero-order valence-corrected chi connectivity index (χ0v) is 11.7. The fourth-order valence-electron chi connectivity index (χ4n) is 1.65. The number of hydrogen-bond acceptors (Lipinski definition) is 6. The van der Waals surface area contributed by atoms with Gasteiger partial charge in [0.1, 0.15) is 6.33 Å². The smallest absolute Gasteiger partial charge is 0.273 e. The molecule has 0 N–H and O–H groups in total. The van der Waals surface area contributed by atoms with Gasteiger partial charge < -0.3 is 9.30 Å². The molecule has 0 fully saturated rings. The molecule has 0 unspecified atom stereocenters. The summed E-state index contributed by atoms with van der Waals surface area (Å²) < 4.78 is 6.87. The molecule has 106 valence electrons. The van der Waals surface area contributed by atoms with Gasteiger partial charge in [-0.1, -0.05) is 30.0 Å². The van der Waals surface area contributed by atoms with E-state index in [2.05, 4.69) is 10.2 Å². The summed E-state index contributed by atoms with van der Waals surface area (Å²) >= 11 is 1.42. The Morgan fingerprint density at radius 3 is 3.00 bits per heavy atom. The number of benzene rings is 1. The molecule has 0 radical (unpaired) electrons. The van der Waals surface area contributed by atoms with Gasteiger partial charge in [0.15, 0.2) is 5.16 Å². The molecule has 0 bridgehead atoms. The summed E-state index contributed by atoms with van der Waals surface area (Å²) in [5, 5.41) is 19.5. The van der Waals surface area contributed by atoms with Gasteiger partial charge in [0, 0.05) is 31.0 Å². The highest BCUT2D eigenvalue weighted by atomic mass is 32.2. The molecule has 2 rings (SSSR count). The molecule has 0 spiro atoms. The number of nitrogens with zero attached hydrogens (tertiary/aromatic N) is 4. The fourth-order valence-corrected chi connectivity index (χ4v) is 2.59. The molecule has 1 aromatic carbocycles. The molecular weight excluding hydrogens is 280 g/mol. The number of aromatic nitrogens is 3. The highest BCUT2D eigenvalue weighted by Crippen LogP contribution is 2.26. The SMILES string of the molecule is COCCn1cnnc1SCc1ccccc1[N+](=O)[O-]. The first-order chi connectivity index (χ1) is 9.72. The number of methoxy groups -OCH3 is 1. The standard InChI is InChI=1S/C12H14N4O3S/c1-19-7-6-15-9-13-14-12(15)20-8-10-4-2-3-5-11(10)16(17)18/h2-5,9H,6-8H2,1H3. The maximum atomic E-state index is 10.9. The third kappa shape index (κ3) is 3.55. The predicted molar refractivity (Wildman–Crippen MR) is 74.6 cm³/mol. The Labute approximate surface area is 120 Å². The molecule has 2 aromatic rings. The summed E-state index contributed by atoms with van der Waals surface area (Å²) in [6.07, 6.45) is 1.63. The number of hydrogen-bond donors (Lipinski definition) is 0. The van der Waals surface area contributed by atoms with E-state index in [0.29, 0.717) is 24.5 Å². The Balaban J connectivity index is 2.06. The summed E-state index contributed by atoms with van der Waals surface area (Å²) in [5.41, 5.74) is 0.798. The maximum absolute atomic E-state index is 10.9. The summed E-state index contributed by atoms with van der Waals surface area (Å²) in [4.78, 5) is 10.6. The van der Waals surface area contributed by atoms with E-state index >= 15 is 0 Å². The lowest BCUT2D eigenvalue weighted by atomic mass is 10.2. The molecule has 0 amide bonds. The molecule has 0 aliphatic rings. The molecule has 0 saturated carbocycles. The Bertz CT molecular complexity index is 588. The van der Waals surface area contributed by atoms with Crippen molar-refractivity contribution in [3.63, 3.8) is 0 Å². The normalized spacial score (nSPS) is 10.7. The molecule has 8 heteroatoms. The number of ether oxygens (including phenoxy) is 1. The summed E-state index contributed by atoms with van der Waals surface area (Å²) in [5.74, 6) is 0.475. The Kier molecular flexibility index (Phi) is 5.08. The number of nitro groups is 1. The van der Waals surface area contributed by atoms with Crippen LogP contribution in [0.15, 0.2) is 35.7 Å². The van der Waals surface area contributed by atoms with Crippen LogP contribution in [0.5, 0.6) is 0 Å². The van der Waals surface area contributed by atoms with E-state index in [-0.39, 0.29) is 10.6 Å². The quantitative estimate of drug-likeness (QED) is 0.442. The van der Waals surface area contributed by atoms with Crippen LogP contribution < -0.4 is 0 Å². The van der Waals surface area contributed by atoms with Gasteiger partial charge in [-0.15, -0.1) is 10.2 Å². The third-order valence-corrected chi connectivity index (χ3v) is 3.69. The van der Waals surface area contributed by atoms with Crippen molar-refractivity contribution in [2.75, 3.05) is 13.7 Å². The first kappa shape index (κ1) is 14.5. The van der Waals surface area contributed by atoms with Gasteiger partial charge in [0.25, 0.3) is 5.69 Å². The average molecular weight is 294 g/mol. The molecule has 1 heterocycles. The van der Waals surface area contributed by atoms with Crippen molar-refractivity contribution in [2.24, 2.45) is 0 Å². The number of nitro benzene ring substituents is 1. The minimum Gasteiger partial charge on any atom is -0.383 e. The van der Waals surface area contributed by atoms with Crippen LogP contribution >= 0.6 is 11.8 Å².